The molecule has 1 aliphatic rings. The van der Waals surface area contributed by atoms with Gasteiger partial charge < -0.3 is 14.2 Å². The lowest BCUT2D eigenvalue weighted by Crippen LogP contribution is -2.49. The number of furan rings is 1. The van der Waals surface area contributed by atoms with Crippen molar-refractivity contribution in [2.45, 2.75) is 0 Å². The van der Waals surface area contributed by atoms with Gasteiger partial charge in [0.05, 0.1) is 17.0 Å². The van der Waals surface area contributed by atoms with Gasteiger partial charge in [-0.15, -0.1) is 11.3 Å². The van der Waals surface area contributed by atoms with Gasteiger partial charge in [0.25, 0.3) is 5.91 Å². The maximum absolute atomic E-state index is 13.5. The van der Waals surface area contributed by atoms with E-state index in [4.69, 9.17) is 21.0 Å². The highest BCUT2D eigenvalue weighted by atomic mass is 35.5. The summed E-state index contributed by atoms with van der Waals surface area (Å²) in [5, 5.41) is 1.32. The first-order valence-electron chi connectivity index (χ1n) is 9.95. The number of benzene rings is 1. The lowest BCUT2D eigenvalue weighted by molar-refractivity contribution is 0.0752. The van der Waals surface area contributed by atoms with Crippen LogP contribution in [0.25, 0.3) is 22.0 Å². The molecule has 8 heteroatoms. The van der Waals surface area contributed by atoms with E-state index in [1.54, 1.807) is 12.5 Å². The van der Waals surface area contributed by atoms with Crippen molar-refractivity contribution in [3.63, 3.8) is 0 Å². The van der Waals surface area contributed by atoms with Crippen molar-refractivity contribution in [1.29, 1.82) is 0 Å². The van der Waals surface area contributed by atoms with Crippen molar-refractivity contribution in [3.05, 3.63) is 77.0 Å². The van der Waals surface area contributed by atoms with Crippen molar-refractivity contribution in [3.8, 4) is 22.0 Å². The second-order valence-corrected chi connectivity index (χ2v) is 8.53. The first-order valence-corrected chi connectivity index (χ1v) is 11.1. The molecule has 4 aromatic rings. The van der Waals surface area contributed by atoms with Crippen LogP contribution in [0.1, 0.15) is 9.67 Å². The summed E-state index contributed by atoms with van der Waals surface area (Å²) < 4.78 is 5.52. The summed E-state index contributed by atoms with van der Waals surface area (Å²) >= 11 is 7.66. The molecule has 6 nitrogen and oxygen atoms in total. The minimum Gasteiger partial charge on any atom is -0.462 e. The normalized spacial score (nSPS) is 14.1. The summed E-state index contributed by atoms with van der Waals surface area (Å²) in [6.45, 7) is 2.53. The number of thiazole rings is 1. The van der Waals surface area contributed by atoms with Gasteiger partial charge in [-0.1, -0.05) is 41.9 Å². The molecular formula is C23H19ClN4O2S. The molecule has 0 unspecified atom stereocenters. The third-order valence-electron chi connectivity index (χ3n) is 5.21. The molecule has 3 aromatic heterocycles. The van der Waals surface area contributed by atoms with Crippen LogP contribution in [0.15, 0.2) is 71.5 Å². The van der Waals surface area contributed by atoms with Gasteiger partial charge in [-0.25, -0.2) is 9.97 Å². The van der Waals surface area contributed by atoms with Crippen LogP contribution in [-0.2, 0) is 0 Å². The number of carbonyl (C=O) groups is 1. The Hall–Kier alpha value is -3.16. The molecule has 0 N–H and O–H groups in total. The predicted octanol–water partition coefficient (Wildman–Crippen LogP) is 5.08. The van der Waals surface area contributed by atoms with E-state index in [1.165, 1.54) is 11.3 Å². The number of carbonyl (C=O) groups excluding carboxylic acids is 1. The van der Waals surface area contributed by atoms with Gasteiger partial charge >= 0.3 is 0 Å². The van der Waals surface area contributed by atoms with E-state index in [2.05, 4.69) is 9.88 Å². The highest BCUT2D eigenvalue weighted by Crippen LogP contribution is 2.35. The Balaban J connectivity index is 1.41. The Morgan fingerprint density at radius 2 is 1.81 bits per heavy atom. The average Bonchev–Trinajstić information content (AvgIpc) is 3.50. The number of pyridine rings is 1. The number of hydrogen-bond acceptors (Lipinski definition) is 6. The third kappa shape index (κ3) is 3.94. The van der Waals surface area contributed by atoms with Crippen LogP contribution in [0.4, 0.5) is 5.82 Å². The van der Waals surface area contributed by atoms with E-state index < -0.39 is 0 Å². The largest absolute Gasteiger partial charge is 0.462 e. The minimum atomic E-state index is -0.0130. The zero-order valence-electron chi connectivity index (χ0n) is 16.6. The minimum absolute atomic E-state index is 0.0130. The van der Waals surface area contributed by atoms with E-state index in [0.717, 1.165) is 11.4 Å². The van der Waals surface area contributed by atoms with Crippen molar-refractivity contribution >= 4 is 34.7 Å². The van der Waals surface area contributed by atoms with Crippen LogP contribution >= 0.6 is 22.9 Å². The van der Waals surface area contributed by atoms with Gasteiger partial charge in [0, 0.05) is 37.9 Å². The molecule has 0 radical (unpaired) electrons. The van der Waals surface area contributed by atoms with Crippen LogP contribution in [-0.4, -0.2) is 47.0 Å². The second kappa shape index (κ2) is 8.53. The van der Waals surface area contributed by atoms with E-state index in [9.17, 15) is 4.79 Å². The molecule has 1 fully saturated rings. The number of anilines is 1. The Morgan fingerprint density at radius 3 is 2.52 bits per heavy atom. The van der Waals surface area contributed by atoms with Crippen molar-refractivity contribution in [1.82, 2.24) is 14.9 Å². The van der Waals surface area contributed by atoms with E-state index in [-0.39, 0.29) is 5.91 Å². The van der Waals surface area contributed by atoms with Gasteiger partial charge in [-0.3, -0.25) is 4.79 Å². The molecule has 31 heavy (non-hydrogen) atoms. The molecule has 0 atom stereocenters. The lowest BCUT2D eigenvalue weighted by atomic mass is 10.1. The topological polar surface area (TPSA) is 62.5 Å². The Labute approximate surface area is 188 Å². The molecule has 4 heterocycles. The van der Waals surface area contributed by atoms with Crippen LogP contribution in [0.5, 0.6) is 0 Å². The van der Waals surface area contributed by atoms with E-state index in [1.807, 2.05) is 59.5 Å². The van der Waals surface area contributed by atoms with Crippen LogP contribution < -0.4 is 4.90 Å². The highest BCUT2D eigenvalue weighted by molar-refractivity contribution is 7.17. The van der Waals surface area contributed by atoms with Gasteiger partial charge in [-0.2, -0.15) is 0 Å². The van der Waals surface area contributed by atoms with Crippen molar-refractivity contribution in [2.75, 3.05) is 31.1 Å². The molecule has 156 valence electrons. The predicted molar refractivity (Wildman–Crippen MR) is 123 cm³/mol. The summed E-state index contributed by atoms with van der Waals surface area (Å²) in [5.41, 5.74) is 1.61. The monoisotopic (exact) mass is 450 g/mol. The number of amides is 1. The Bertz CT molecular complexity index is 1190. The quantitative estimate of drug-likeness (QED) is 0.434. The van der Waals surface area contributed by atoms with Crippen molar-refractivity contribution < 1.29 is 9.21 Å². The number of hydrogen-bond donors (Lipinski definition) is 0. The summed E-state index contributed by atoms with van der Waals surface area (Å²) in [7, 11) is 0. The average molecular weight is 451 g/mol. The number of aromatic nitrogens is 2. The van der Waals surface area contributed by atoms with Crippen molar-refractivity contribution in [2.24, 2.45) is 0 Å². The first-order chi connectivity index (χ1) is 15.2. The molecule has 1 aromatic carbocycles. The smallest absolute Gasteiger partial charge is 0.266 e. The van der Waals surface area contributed by atoms with Crippen LogP contribution in [0.2, 0.25) is 5.02 Å². The zero-order chi connectivity index (χ0) is 21.2. The van der Waals surface area contributed by atoms with Crippen LogP contribution in [0.3, 0.4) is 0 Å². The molecule has 0 spiro atoms. The number of nitrogens with zero attached hydrogens (tertiary/aromatic N) is 4. The number of piperazine rings is 1. The second-order valence-electron chi connectivity index (χ2n) is 7.13. The molecule has 1 saturated heterocycles. The summed E-state index contributed by atoms with van der Waals surface area (Å²) in [6, 6.07) is 17.1. The highest BCUT2D eigenvalue weighted by Gasteiger charge is 2.28. The number of halogens is 1. The van der Waals surface area contributed by atoms with Gasteiger partial charge in [-0.05, 0) is 24.3 Å². The molecule has 0 saturated carbocycles. The maximum Gasteiger partial charge on any atom is 0.266 e. The fourth-order valence-corrected chi connectivity index (χ4v) is 4.90. The number of rotatable bonds is 4. The third-order valence-corrected chi connectivity index (χ3v) is 6.56. The van der Waals surface area contributed by atoms with E-state index >= 15 is 0 Å². The standard InChI is InChI=1S/C23H19ClN4O2S/c24-17-8-4-10-25-21(17)27-11-13-28(14-12-27)23(29)20-19(16-6-2-1-3-7-16)26-22(31-20)18-9-5-15-30-18/h1-10,15H,11-14H2. The molecule has 1 aliphatic heterocycles. The van der Waals surface area contributed by atoms with Crippen LogP contribution in [0, 0.1) is 0 Å². The van der Waals surface area contributed by atoms with Gasteiger partial charge in [0.15, 0.2) is 10.8 Å². The molecule has 1 amide bonds. The van der Waals surface area contributed by atoms with Gasteiger partial charge in [0.2, 0.25) is 0 Å². The first kappa shape index (κ1) is 19.8. The summed E-state index contributed by atoms with van der Waals surface area (Å²) in [6.07, 6.45) is 3.35. The molecule has 5 rings (SSSR count). The lowest BCUT2D eigenvalue weighted by Gasteiger charge is -2.35. The van der Waals surface area contributed by atoms with E-state index in [0.29, 0.717) is 52.5 Å². The molecule has 0 bridgehead atoms. The maximum atomic E-state index is 13.5. The zero-order valence-corrected chi connectivity index (χ0v) is 18.1. The fraction of sp³-hybridized carbons (Fsp3) is 0.174. The Morgan fingerprint density at radius 1 is 1.00 bits per heavy atom. The summed E-state index contributed by atoms with van der Waals surface area (Å²) in [4.78, 5) is 27.2. The summed E-state index contributed by atoms with van der Waals surface area (Å²) in [5.74, 6) is 1.41. The fourth-order valence-electron chi connectivity index (χ4n) is 3.64. The Kier molecular flexibility index (Phi) is 5.44. The molecular weight excluding hydrogens is 432 g/mol. The SMILES string of the molecule is O=C(c1sc(-c2ccco2)nc1-c1ccccc1)N1CCN(c2ncccc2Cl)CC1. The molecule has 0 aliphatic carbocycles. The van der Waals surface area contributed by atoms with Gasteiger partial charge in [0.1, 0.15) is 10.7 Å².